The first kappa shape index (κ1) is 14.4. The van der Waals surface area contributed by atoms with Crippen molar-refractivity contribution in [3.8, 4) is 0 Å². The number of hydrogen-bond acceptors (Lipinski definition) is 6. The van der Waals surface area contributed by atoms with Gasteiger partial charge in [-0.1, -0.05) is 0 Å². The Morgan fingerprint density at radius 1 is 1.41 bits per heavy atom. The van der Waals surface area contributed by atoms with Crippen LogP contribution in [-0.2, 0) is 0 Å². The van der Waals surface area contributed by atoms with E-state index in [1.165, 1.54) is 0 Å². The first-order valence-corrected chi connectivity index (χ1v) is 7.31. The fourth-order valence-electron chi connectivity index (χ4n) is 2.77. The highest BCUT2D eigenvalue weighted by molar-refractivity contribution is 5.92. The number of amides is 1. The topological polar surface area (TPSA) is 83.9 Å². The van der Waals surface area contributed by atoms with Gasteiger partial charge in [-0.3, -0.25) is 4.79 Å². The molecule has 1 atom stereocenters. The van der Waals surface area contributed by atoms with Crippen molar-refractivity contribution in [2.75, 3.05) is 18.9 Å². The Bertz CT molecular complexity index is 675. The minimum atomic E-state index is -0.0992. The minimum Gasteiger partial charge on any atom is -0.373 e. The van der Waals surface area contributed by atoms with Crippen molar-refractivity contribution in [2.45, 2.75) is 25.8 Å². The van der Waals surface area contributed by atoms with E-state index >= 15 is 0 Å². The normalized spacial score (nSPS) is 17.5. The lowest BCUT2D eigenvalue weighted by Crippen LogP contribution is -2.32. The van der Waals surface area contributed by atoms with Crippen molar-refractivity contribution in [3.05, 3.63) is 41.6 Å². The number of likely N-dealkylation sites (tertiary alicyclic amines) is 1. The smallest absolute Gasteiger partial charge is 0.274 e. The summed E-state index contributed by atoms with van der Waals surface area (Å²) in [5.41, 5.74) is 1.24. The van der Waals surface area contributed by atoms with Gasteiger partial charge >= 0.3 is 0 Å². The number of rotatable bonds is 3. The predicted molar refractivity (Wildman–Crippen MR) is 81.4 cm³/mol. The van der Waals surface area contributed by atoms with Gasteiger partial charge in [0.05, 0.1) is 11.7 Å². The molecule has 0 bridgehead atoms. The van der Waals surface area contributed by atoms with E-state index in [-0.39, 0.29) is 11.9 Å². The molecule has 1 N–H and O–H groups in total. The summed E-state index contributed by atoms with van der Waals surface area (Å²) in [7, 11) is 1.82. The van der Waals surface area contributed by atoms with Crippen LogP contribution >= 0.6 is 0 Å². The molecule has 2 aromatic rings. The third-order valence-corrected chi connectivity index (χ3v) is 3.76. The van der Waals surface area contributed by atoms with Gasteiger partial charge in [0.15, 0.2) is 5.69 Å². The molecule has 7 heteroatoms. The average molecular weight is 298 g/mol. The lowest BCUT2D eigenvalue weighted by atomic mass is 10.1. The molecule has 3 heterocycles. The van der Waals surface area contributed by atoms with E-state index in [1.807, 2.05) is 24.9 Å². The van der Waals surface area contributed by atoms with Crippen LogP contribution in [0.5, 0.6) is 0 Å². The number of nitrogens with one attached hydrogen (secondary N) is 1. The standard InChI is InChI=1S/C15H18N6O/c1-10-18-12(9-14(16-2)19-10)13-6-4-8-21(13)15(22)11-5-3-7-17-20-11/h3,5,7,9,13H,4,6,8H2,1-2H3,(H,16,18,19)/t13-/m0/s1. The van der Waals surface area contributed by atoms with E-state index in [0.717, 1.165) is 24.4 Å². The van der Waals surface area contributed by atoms with E-state index in [9.17, 15) is 4.79 Å². The first-order chi connectivity index (χ1) is 10.7. The zero-order valence-corrected chi connectivity index (χ0v) is 12.7. The fourth-order valence-corrected chi connectivity index (χ4v) is 2.77. The Balaban J connectivity index is 1.90. The molecule has 114 valence electrons. The van der Waals surface area contributed by atoms with Gasteiger partial charge in [-0.05, 0) is 31.9 Å². The number of carbonyl (C=O) groups is 1. The van der Waals surface area contributed by atoms with Crippen molar-refractivity contribution < 1.29 is 4.79 Å². The highest BCUT2D eigenvalue weighted by Crippen LogP contribution is 2.32. The molecule has 0 spiro atoms. The summed E-state index contributed by atoms with van der Waals surface area (Å²) in [6, 6.07) is 5.28. The minimum absolute atomic E-state index is 0.0386. The Morgan fingerprint density at radius 3 is 3.00 bits per heavy atom. The SMILES string of the molecule is CNc1cc([C@@H]2CCCN2C(=O)c2cccnn2)nc(C)n1. The van der Waals surface area contributed by atoms with Crippen LogP contribution < -0.4 is 5.32 Å². The van der Waals surface area contributed by atoms with E-state index in [0.29, 0.717) is 18.1 Å². The molecule has 1 fully saturated rings. The van der Waals surface area contributed by atoms with Crippen molar-refractivity contribution in [1.29, 1.82) is 0 Å². The van der Waals surface area contributed by atoms with Crippen LogP contribution in [0.1, 0.15) is 40.9 Å². The van der Waals surface area contributed by atoms with Crippen LogP contribution in [0.25, 0.3) is 0 Å². The molecule has 0 saturated carbocycles. The van der Waals surface area contributed by atoms with Gasteiger partial charge in [-0.25, -0.2) is 9.97 Å². The molecular weight excluding hydrogens is 280 g/mol. The molecular formula is C15H18N6O. The number of anilines is 1. The predicted octanol–water partition coefficient (Wildman–Crippen LogP) is 1.59. The molecule has 0 aromatic carbocycles. The van der Waals surface area contributed by atoms with Gasteiger partial charge in [-0.2, -0.15) is 5.10 Å². The summed E-state index contributed by atoms with van der Waals surface area (Å²) < 4.78 is 0. The number of hydrogen-bond donors (Lipinski definition) is 1. The van der Waals surface area contributed by atoms with E-state index in [2.05, 4.69) is 25.5 Å². The second kappa shape index (κ2) is 6.05. The van der Waals surface area contributed by atoms with Crippen LogP contribution in [0.4, 0.5) is 5.82 Å². The van der Waals surface area contributed by atoms with Crippen molar-refractivity contribution >= 4 is 11.7 Å². The van der Waals surface area contributed by atoms with Crippen molar-refractivity contribution in [3.63, 3.8) is 0 Å². The van der Waals surface area contributed by atoms with Crippen LogP contribution in [0.3, 0.4) is 0 Å². The zero-order valence-electron chi connectivity index (χ0n) is 12.7. The monoisotopic (exact) mass is 298 g/mol. The summed E-state index contributed by atoms with van der Waals surface area (Å²) in [4.78, 5) is 23.3. The molecule has 1 aliphatic heterocycles. The third kappa shape index (κ3) is 2.74. The molecule has 22 heavy (non-hydrogen) atoms. The summed E-state index contributed by atoms with van der Waals surface area (Å²) >= 11 is 0. The number of nitrogens with zero attached hydrogens (tertiary/aromatic N) is 5. The maximum Gasteiger partial charge on any atom is 0.274 e. The van der Waals surface area contributed by atoms with Crippen LogP contribution in [0.15, 0.2) is 24.4 Å². The molecule has 2 aromatic heterocycles. The van der Waals surface area contributed by atoms with E-state index < -0.39 is 0 Å². The van der Waals surface area contributed by atoms with Crippen LogP contribution in [0.2, 0.25) is 0 Å². The lowest BCUT2D eigenvalue weighted by Gasteiger charge is -2.24. The van der Waals surface area contributed by atoms with Crippen LogP contribution in [0, 0.1) is 6.92 Å². The second-order valence-electron chi connectivity index (χ2n) is 5.24. The molecule has 0 unspecified atom stereocenters. The lowest BCUT2D eigenvalue weighted by molar-refractivity contribution is 0.0725. The van der Waals surface area contributed by atoms with Crippen LogP contribution in [-0.4, -0.2) is 44.6 Å². The molecule has 1 saturated heterocycles. The second-order valence-corrected chi connectivity index (χ2v) is 5.24. The Kier molecular flexibility index (Phi) is 3.95. The maximum atomic E-state index is 12.6. The zero-order chi connectivity index (χ0) is 15.5. The number of carbonyl (C=O) groups excluding carboxylic acids is 1. The molecule has 3 rings (SSSR count). The van der Waals surface area contributed by atoms with Gasteiger partial charge in [0.2, 0.25) is 0 Å². The summed E-state index contributed by atoms with van der Waals surface area (Å²) in [5.74, 6) is 1.36. The molecule has 0 radical (unpaired) electrons. The van der Waals surface area contributed by atoms with E-state index in [1.54, 1.807) is 18.3 Å². The number of aromatic nitrogens is 4. The largest absolute Gasteiger partial charge is 0.373 e. The highest BCUT2D eigenvalue weighted by Gasteiger charge is 2.32. The van der Waals surface area contributed by atoms with Gasteiger partial charge in [0.1, 0.15) is 11.6 Å². The fraction of sp³-hybridized carbons (Fsp3) is 0.400. The van der Waals surface area contributed by atoms with Gasteiger partial charge in [0.25, 0.3) is 5.91 Å². The summed E-state index contributed by atoms with van der Waals surface area (Å²) in [6.45, 7) is 2.56. The quantitative estimate of drug-likeness (QED) is 0.926. The third-order valence-electron chi connectivity index (χ3n) is 3.76. The summed E-state index contributed by atoms with van der Waals surface area (Å²) in [6.07, 6.45) is 3.41. The van der Waals surface area contributed by atoms with Gasteiger partial charge in [0, 0.05) is 25.9 Å². The van der Waals surface area contributed by atoms with Gasteiger partial charge < -0.3 is 10.2 Å². The highest BCUT2D eigenvalue weighted by atomic mass is 16.2. The molecule has 1 amide bonds. The Hall–Kier alpha value is -2.57. The molecule has 1 aliphatic rings. The van der Waals surface area contributed by atoms with E-state index in [4.69, 9.17) is 0 Å². The summed E-state index contributed by atoms with van der Waals surface area (Å²) in [5, 5.41) is 10.7. The van der Waals surface area contributed by atoms with Crippen molar-refractivity contribution in [2.24, 2.45) is 0 Å². The number of aryl methyl sites for hydroxylation is 1. The average Bonchev–Trinajstić information content (AvgIpc) is 3.04. The Labute approximate surface area is 128 Å². The van der Waals surface area contributed by atoms with Crippen molar-refractivity contribution in [1.82, 2.24) is 25.1 Å². The molecule has 7 nitrogen and oxygen atoms in total. The molecule has 0 aliphatic carbocycles. The maximum absolute atomic E-state index is 12.6. The Morgan fingerprint density at radius 2 is 2.27 bits per heavy atom. The van der Waals surface area contributed by atoms with Gasteiger partial charge in [-0.15, -0.1) is 5.10 Å². The first-order valence-electron chi connectivity index (χ1n) is 7.31.